The lowest BCUT2D eigenvalue weighted by molar-refractivity contribution is -0.145. The van der Waals surface area contributed by atoms with Gasteiger partial charge in [0.1, 0.15) is 6.04 Å². The van der Waals surface area contributed by atoms with E-state index in [1.54, 1.807) is 0 Å². The van der Waals surface area contributed by atoms with Gasteiger partial charge in [-0.15, -0.1) is 12.4 Å². The third-order valence-corrected chi connectivity index (χ3v) is 4.43. The Balaban J connectivity index is 0.00000312. The van der Waals surface area contributed by atoms with Crippen LogP contribution in [-0.2, 0) is 14.3 Å². The molecule has 138 valence electrons. The van der Waals surface area contributed by atoms with Crippen LogP contribution in [0, 0.1) is 12.8 Å². The summed E-state index contributed by atoms with van der Waals surface area (Å²) in [7, 11) is 1.33. The lowest BCUT2D eigenvalue weighted by Crippen LogP contribution is -2.43. The Bertz CT molecular complexity index is 733. The molecule has 25 heavy (non-hydrogen) atoms. The van der Waals surface area contributed by atoms with E-state index in [9.17, 15) is 9.59 Å². The molecule has 0 aliphatic rings. The van der Waals surface area contributed by atoms with Crippen LogP contribution >= 0.6 is 24.2 Å². The number of rotatable bonds is 7. The number of aromatic amines is 1. The second-order valence-electron chi connectivity index (χ2n) is 6.07. The maximum atomic E-state index is 12.1. The quantitative estimate of drug-likeness (QED) is 0.565. The third kappa shape index (κ3) is 5.93. The first kappa shape index (κ1) is 21.3. The number of aromatic nitrogens is 2. The van der Waals surface area contributed by atoms with Crippen molar-refractivity contribution in [2.75, 3.05) is 12.9 Å². The molecule has 1 unspecified atom stereocenters. The Morgan fingerprint density at radius 2 is 2.08 bits per heavy atom. The maximum Gasteiger partial charge on any atom is 0.328 e. The lowest BCUT2D eigenvalue weighted by atomic mass is 10.0. The Morgan fingerprint density at radius 1 is 1.36 bits per heavy atom. The molecule has 1 atom stereocenters. The van der Waals surface area contributed by atoms with Crippen LogP contribution in [-0.4, -0.2) is 40.7 Å². The lowest BCUT2D eigenvalue weighted by Gasteiger charge is -2.18. The number of fused-ring (bicyclic) bond motifs is 1. The van der Waals surface area contributed by atoms with Crippen LogP contribution in [0.4, 0.5) is 0 Å². The topological polar surface area (TPSA) is 84.1 Å². The standard InChI is InChI=1S/C17H23N3O3S.ClH/c1-10(2)8-13(16(22)23-4)18-14(21)9-24-17-19-12-7-5-6-11(3)15(12)20-17;/h5-7,10,13H,8-9H2,1-4H3,(H,18,21)(H,19,20);1H. The highest BCUT2D eigenvalue weighted by Gasteiger charge is 2.22. The fourth-order valence-corrected chi connectivity index (χ4v) is 3.11. The van der Waals surface area contributed by atoms with E-state index in [-0.39, 0.29) is 30.0 Å². The van der Waals surface area contributed by atoms with Gasteiger partial charge in [-0.3, -0.25) is 4.79 Å². The largest absolute Gasteiger partial charge is 0.467 e. The number of carbonyl (C=O) groups excluding carboxylic acids is 2. The number of aryl methyl sites for hydroxylation is 1. The molecular formula is C17H24ClN3O3S. The monoisotopic (exact) mass is 385 g/mol. The van der Waals surface area contributed by atoms with Gasteiger partial charge in [-0.2, -0.15) is 0 Å². The van der Waals surface area contributed by atoms with E-state index < -0.39 is 12.0 Å². The molecule has 0 aliphatic carbocycles. The zero-order chi connectivity index (χ0) is 17.7. The van der Waals surface area contributed by atoms with Gasteiger partial charge in [0, 0.05) is 0 Å². The summed E-state index contributed by atoms with van der Waals surface area (Å²) in [4.78, 5) is 31.6. The molecule has 1 aromatic heterocycles. The zero-order valence-electron chi connectivity index (χ0n) is 14.8. The number of para-hydroxylation sites is 1. The van der Waals surface area contributed by atoms with Gasteiger partial charge in [-0.25, -0.2) is 9.78 Å². The summed E-state index contributed by atoms with van der Waals surface area (Å²) < 4.78 is 4.75. The zero-order valence-corrected chi connectivity index (χ0v) is 16.4. The van der Waals surface area contributed by atoms with Crippen molar-refractivity contribution in [3.05, 3.63) is 23.8 Å². The molecule has 0 fully saturated rings. The van der Waals surface area contributed by atoms with Gasteiger partial charge in [0.15, 0.2) is 5.16 Å². The van der Waals surface area contributed by atoms with Gasteiger partial charge >= 0.3 is 5.97 Å². The molecule has 2 aromatic rings. The molecule has 0 bridgehead atoms. The first-order valence-electron chi connectivity index (χ1n) is 7.86. The number of benzene rings is 1. The van der Waals surface area contributed by atoms with Crippen molar-refractivity contribution in [3.8, 4) is 0 Å². The molecule has 1 amide bonds. The van der Waals surface area contributed by atoms with Crippen LogP contribution in [0.3, 0.4) is 0 Å². The first-order valence-corrected chi connectivity index (χ1v) is 8.84. The number of ether oxygens (including phenoxy) is 1. The number of carbonyl (C=O) groups is 2. The molecule has 1 aromatic carbocycles. The molecule has 2 N–H and O–H groups in total. The number of halogens is 1. The van der Waals surface area contributed by atoms with E-state index in [1.807, 2.05) is 39.0 Å². The molecule has 8 heteroatoms. The number of hydrogen-bond acceptors (Lipinski definition) is 5. The van der Waals surface area contributed by atoms with E-state index in [2.05, 4.69) is 15.3 Å². The molecule has 1 heterocycles. The van der Waals surface area contributed by atoms with Crippen LogP contribution in [0.5, 0.6) is 0 Å². The smallest absolute Gasteiger partial charge is 0.328 e. The van der Waals surface area contributed by atoms with E-state index in [0.717, 1.165) is 16.6 Å². The number of nitrogens with one attached hydrogen (secondary N) is 2. The van der Waals surface area contributed by atoms with Gasteiger partial charge in [0.25, 0.3) is 0 Å². The SMILES string of the molecule is COC(=O)C(CC(C)C)NC(=O)CSc1nc2c(C)cccc2[nH]1.Cl. The molecular weight excluding hydrogens is 362 g/mol. The highest BCUT2D eigenvalue weighted by molar-refractivity contribution is 7.99. The highest BCUT2D eigenvalue weighted by atomic mass is 35.5. The van der Waals surface area contributed by atoms with E-state index in [4.69, 9.17) is 4.74 Å². The Morgan fingerprint density at radius 3 is 2.68 bits per heavy atom. The van der Waals surface area contributed by atoms with Crippen molar-refractivity contribution in [3.63, 3.8) is 0 Å². The third-order valence-electron chi connectivity index (χ3n) is 3.56. The number of thioether (sulfide) groups is 1. The number of imidazole rings is 1. The summed E-state index contributed by atoms with van der Waals surface area (Å²) in [6.07, 6.45) is 0.549. The summed E-state index contributed by atoms with van der Waals surface area (Å²) in [5, 5.41) is 3.43. The van der Waals surface area contributed by atoms with Crippen LogP contribution in [0.2, 0.25) is 0 Å². The van der Waals surface area contributed by atoms with E-state index >= 15 is 0 Å². The van der Waals surface area contributed by atoms with Crippen molar-refractivity contribution >= 4 is 47.1 Å². The van der Waals surface area contributed by atoms with Crippen molar-refractivity contribution in [1.82, 2.24) is 15.3 Å². The summed E-state index contributed by atoms with van der Waals surface area (Å²) in [5.74, 6) is -0.167. The van der Waals surface area contributed by atoms with Gasteiger partial charge < -0.3 is 15.0 Å². The average molecular weight is 386 g/mol. The fourth-order valence-electron chi connectivity index (χ4n) is 2.42. The number of hydrogen-bond donors (Lipinski definition) is 2. The predicted molar refractivity (Wildman–Crippen MR) is 102 cm³/mol. The van der Waals surface area contributed by atoms with Gasteiger partial charge in [0.05, 0.1) is 23.9 Å². The fraction of sp³-hybridized carbons (Fsp3) is 0.471. The summed E-state index contributed by atoms with van der Waals surface area (Å²) in [6.45, 7) is 5.98. The predicted octanol–water partition coefficient (Wildman–Crippen LogP) is 3.09. The molecule has 0 spiro atoms. The number of amides is 1. The molecule has 0 saturated heterocycles. The number of nitrogens with zero attached hydrogens (tertiary/aromatic N) is 1. The van der Waals surface area contributed by atoms with Crippen molar-refractivity contribution < 1.29 is 14.3 Å². The highest BCUT2D eigenvalue weighted by Crippen LogP contribution is 2.21. The Hall–Kier alpha value is -1.73. The van der Waals surface area contributed by atoms with Crippen LogP contribution in [0.1, 0.15) is 25.8 Å². The van der Waals surface area contributed by atoms with Crippen molar-refractivity contribution in [2.45, 2.75) is 38.4 Å². The minimum atomic E-state index is -0.610. The van der Waals surface area contributed by atoms with E-state index in [1.165, 1.54) is 18.9 Å². The average Bonchev–Trinajstić information content (AvgIpc) is 2.95. The minimum Gasteiger partial charge on any atom is -0.467 e. The summed E-state index contributed by atoms with van der Waals surface area (Å²) in [5.41, 5.74) is 2.94. The van der Waals surface area contributed by atoms with E-state index in [0.29, 0.717) is 11.6 Å². The Labute approximate surface area is 157 Å². The van der Waals surface area contributed by atoms with Gasteiger partial charge in [-0.05, 0) is 30.9 Å². The van der Waals surface area contributed by atoms with Crippen LogP contribution < -0.4 is 5.32 Å². The molecule has 0 saturated carbocycles. The molecule has 0 aliphatic heterocycles. The number of esters is 1. The summed E-state index contributed by atoms with van der Waals surface area (Å²) >= 11 is 1.31. The van der Waals surface area contributed by atoms with Crippen LogP contribution in [0.15, 0.2) is 23.4 Å². The molecule has 0 radical (unpaired) electrons. The normalized spacial score (nSPS) is 11.9. The maximum absolute atomic E-state index is 12.1. The second-order valence-corrected chi connectivity index (χ2v) is 7.04. The van der Waals surface area contributed by atoms with Gasteiger partial charge in [-0.1, -0.05) is 37.7 Å². The van der Waals surface area contributed by atoms with Gasteiger partial charge in [0.2, 0.25) is 5.91 Å². The molecule has 2 rings (SSSR count). The molecule has 6 nitrogen and oxygen atoms in total. The van der Waals surface area contributed by atoms with Crippen LogP contribution in [0.25, 0.3) is 11.0 Å². The first-order chi connectivity index (χ1) is 11.4. The van der Waals surface area contributed by atoms with Crippen molar-refractivity contribution in [1.29, 1.82) is 0 Å². The summed E-state index contributed by atoms with van der Waals surface area (Å²) in [6, 6.07) is 5.30. The minimum absolute atomic E-state index is 0. The van der Waals surface area contributed by atoms with Crippen molar-refractivity contribution in [2.24, 2.45) is 5.92 Å². The Kier molecular flexibility index (Phi) is 8.25. The second kappa shape index (κ2) is 9.68. The number of methoxy groups -OCH3 is 1. The number of H-pyrrole nitrogens is 1.